The molecule has 1 aromatic rings. The summed E-state index contributed by atoms with van der Waals surface area (Å²) in [7, 11) is 0. The quantitative estimate of drug-likeness (QED) is 0.163. The number of nitrogens with one attached hydrogen (secondary N) is 4. The van der Waals surface area contributed by atoms with Crippen molar-refractivity contribution < 1.29 is 29.4 Å². The van der Waals surface area contributed by atoms with Crippen LogP contribution in [0.2, 0.25) is 0 Å². The number of carboxylic acid groups (broad SMARTS) is 1. The van der Waals surface area contributed by atoms with Crippen molar-refractivity contribution in [1.82, 2.24) is 25.9 Å². The fourth-order valence-corrected chi connectivity index (χ4v) is 3.21. The number of aliphatic hydroxyl groups is 1. The summed E-state index contributed by atoms with van der Waals surface area (Å²) in [4.78, 5) is 55.6. The van der Waals surface area contributed by atoms with Crippen LogP contribution < -0.4 is 21.7 Å². The van der Waals surface area contributed by atoms with Gasteiger partial charge in [-0.3, -0.25) is 14.4 Å². The molecule has 0 aliphatic rings. The molecule has 8 N–H and O–H groups in total. The van der Waals surface area contributed by atoms with Gasteiger partial charge in [0.1, 0.15) is 18.1 Å². The standard InChI is InChI=1S/C19H32N6O6S/c1-10(2)15(18(29)23-13(19(30)31)6-11-7-21-9-22-11)25-17(28)14(8-26)24-16(27)12(20)4-5-32-3/h7,9-10,12-15,26H,4-6,8,20H2,1-3H3,(H,21,22)(H,23,29)(H,24,27)(H,25,28)(H,30,31). The van der Waals surface area contributed by atoms with Crippen LogP contribution in [0.1, 0.15) is 26.0 Å². The van der Waals surface area contributed by atoms with Gasteiger partial charge >= 0.3 is 5.97 Å². The highest BCUT2D eigenvalue weighted by Gasteiger charge is 2.31. The largest absolute Gasteiger partial charge is 0.480 e. The van der Waals surface area contributed by atoms with E-state index in [0.29, 0.717) is 17.9 Å². The molecule has 0 aliphatic carbocycles. The maximum atomic E-state index is 12.7. The molecule has 12 nitrogen and oxygen atoms in total. The molecule has 4 atom stereocenters. The summed E-state index contributed by atoms with van der Waals surface area (Å²) in [5.74, 6) is -3.08. The summed E-state index contributed by atoms with van der Waals surface area (Å²) >= 11 is 1.52. The molecule has 180 valence electrons. The first-order valence-corrected chi connectivity index (χ1v) is 11.5. The fraction of sp³-hybridized carbons (Fsp3) is 0.632. The van der Waals surface area contributed by atoms with Gasteiger partial charge in [0.2, 0.25) is 17.7 Å². The minimum atomic E-state index is -1.31. The van der Waals surface area contributed by atoms with E-state index in [4.69, 9.17) is 5.73 Å². The predicted molar refractivity (Wildman–Crippen MR) is 119 cm³/mol. The number of nitrogens with two attached hydrogens (primary N) is 1. The zero-order valence-corrected chi connectivity index (χ0v) is 19.1. The summed E-state index contributed by atoms with van der Waals surface area (Å²) < 4.78 is 0. The first-order valence-electron chi connectivity index (χ1n) is 10.1. The number of hydrogen-bond donors (Lipinski definition) is 7. The van der Waals surface area contributed by atoms with E-state index in [0.717, 1.165) is 0 Å². The number of aromatic amines is 1. The second-order valence-corrected chi connectivity index (χ2v) is 8.53. The molecule has 0 bridgehead atoms. The molecule has 3 amide bonds. The Bertz CT molecular complexity index is 759. The number of nitrogens with zero attached hydrogens (tertiary/aromatic N) is 1. The Morgan fingerprint density at radius 1 is 1.12 bits per heavy atom. The van der Waals surface area contributed by atoms with Crippen LogP contribution in [0.5, 0.6) is 0 Å². The number of carboxylic acids is 1. The van der Waals surface area contributed by atoms with Gasteiger partial charge in [0, 0.05) is 18.3 Å². The lowest BCUT2D eigenvalue weighted by Gasteiger charge is -2.26. The molecule has 0 fully saturated rings. The second kappa shape index (κ2) is 13.7. The Balaban J connectivity index is 2.79. The zero-order chi connectivity index (χ0) is 24.3. The van der Waals surface area contributed by atoms with Crippen LogP contribution in [-0.4, -0.2) is 86.7 Å². The van der Waals surface area contributed by atoms with Crippen molar-refractivity contribution in [1.29, 1.82) is 0 Å². The fourth-order valence-electron chi connectivity index (χ4n) is 2.72. The number of rotatable bonds is 14. The highest BCUT2D eigenvalue weighted by Crippen LogP contribution is 2.06. The van der Waals surface area contributed by atoms with Gasteiger partial charge in [0.05, 0.1) is 19.0 Å². The number of aliphatic hydroxyl groups excluding tert-OH is 1. The Morgan fingerprint density at radius 2 is 1.78 bits per heavy atom. The molecule has 4 unspecified atom stereocenters. The van der Waals surface area contributed by atoms with Crippen molar-refractivity contribution in [3.8, 4) is 0 Å². The zero-order valence-electron chi connectivity index (χ0n) is 18.3. The maximum Gasteiger partial charge on any atom is 0.326 e. The third-order valence-corrected chi connectivity index (χ3v) is 5.27. The summed E-state index contributed by atoms with van der Waals surface area (Å²) in [6.45, 7) is 2.64. The molecule has 0 radical (unpaired) electrons. The molecular weight excluding hydrogens is 440 g/mol. The number of thioether (sulfide) groups is 1. The molecule has 13 heteroatoms. The average molecular weight is 473 g/mol. The second-order valence-electron chi connectivity index (χ2n) is 7.54. The summed E-state index contributed by atoms with van der Waals surface area (Å²) in [5, 5.41) is 26.2. The van der Waals surface area contributed by atoms with Gasteiger partial charge in [0.25, 0.3) is 0 Å². The van der Waals surface area contributed by atoms with E-state index in [1.54, 1.807) is 13.8 Å². The van der Waals surface area contributed by atoms with Crippen molar-refractivity contribution in [3.05, 3.63) is 18.2 Å². The van der Waals surface area contributed by atoms with E-state index in [1.165, 1.54) is 24.3 Å². The van der Waals surface area contributed by atoms with Gasteiger partial charge in [0.15, 0.2) is 0 Å². The van der Waals surface area contributed by atoms with Crippen molar-refractivity contribution in [2.75, 3.05) is 18.6 Å². The third kappa shape index (κ3) is 8.85. The number of carbonyl (C=O) groups is 4. The average Bonchev–Trinajstić information content (AvgIpc) is 3.25. The topological polar surface area (TPSA) is 200 Å². The van der Waals surface area contributed by atoms with E-state index in [-0.39, 0.29) is 6.42 Å². The summed E-state index contributed by atoms with van der Waals surface area (Å²) in [6, 6.07) is -4.49. The number of hydrogen-bond acceptors (Lipinski definition) is 8. The monoisotopic (exact) mass is 472 g/mol. The van der Waals surface area contributed by atoms with E-state index in [2.05, 4.69) is 25.9 Å². The molecule has 0 aromatic carbocycles. The molecular formula is C19H32N6O6S. The first-order chi connectivity index (χ1) is 15.1. The predicted octanol–water partition coefficient (Wildman–Crippen LogP) is -1.78. The summed E-state index contributed by atoms with van der Waals surface area (Å²) in [5.41, 5.74) is 6.29. The normalized spacial score (nSPS) is 14.8. The van der Waals surface area contributed by atoms with Gasteiger partial charge in [-0.25, -0.2) is 9.78 Å². The molecule has 32 heavy (non-hydrogen) atoms. The SMILES string of the molecule is CSCCC(N)C(=O)NC(CO)C(=O)NC(C(=O)NC(Cc1cnc[nH]1)C(=O)O)C(C)C. The van der Waals surface area contributed by atoms with Crippen LogP contribution in [0.4, 0.5) is 0 Å². The Kier molecular flexibility index (Phi) is 11.7. The van der Waals surface area contributed by atoms with Gasteiger partial charge in [-0.1, -0.05) is 13.8 Å². The summed E-state index contributed by atoms with van der Waals surface area (Å²) in [6.07, 6.45) is 5.08. The van der Waals surface area contributed by atoms with Gasteiger partial charge in [-0.05, 0) is 24.3 Å². The van der Waals surface area contributed by atoms with Crippen LogP contribution in [-0.2, 0) is 25.6 Å². The minimum Gasteiger partial charge on any atom is -0.480 e. The van der Waals surface area contributed by atoms with Crippen molar-refractivity contribution >= 4 is 35.5 Å². The maximum absolute atomic E-state index is 12.7. The lowest BCUT2D eigenvalue weighted by atomic mass is 10.0. The first kappa shape index (κ1) is 27.4. The van der Waals surface area contributed by atoms with Crippen molar-refractivity contribution in [2.45, 2.75) is 50.9 Å². The molecule has 1 heterocycles. The van der Waals surface area contributed by atoms with Gasteiger partial charge in [-0.2, -0.15) is 11.8 Å². The molecule has 1 rings (SSSR count). The van der Waals surface area contributed by atoms with E-state index >= 15 is 0 Å². The van der Waals surface area contributed by atoms with Crippen molar-refractivity contribution in [3.63, 3.8) is 0 Å². The number of H-pyrrole nitrogens is 1. The molecule has 0 saturated heterocycles. The van der Waals surface area contributed by atoms with Crippen LogP contribution in [0.15, 0.2) is 12.5 Å². The van der Waals surface area contributed by atoms with Gasteiger partial charge < -0.3 is 36.9 Å². The Morgan fingerprint density at radius 3 is 2.28 bits per heavy atom. The lowest BCUT2D eigenvalue weighted by Crippen LogP contribution is -2.59. The minimum absolute atomic E-state index is 0.0247. The van der Waals surface area contributed by atoms with Crippen molar-refractivity contribution in [2.24, 2.45) is 11.7 Å². The van der Waals surface area contributed by atoms with Crippen LogP contribution in [0.3, 0.4) is 0 Å². The Labute approximate surface area is 190 Å². The van der Waals surface area contributed by atoms with E-state index < -0.39 is 60.4 Å². The molecule has 0 aliphatic heterocycles. The molecule has 1 aromatic heterocycles. The smallest absolute Gasteiger partial charge is 0.326 e. The van der Waals surface area contributed by atoms with Crippen LogP contribution in [0, 0.1) is 5.92 Å². The van der Waals surface area contributed by atoms with E-state index in [1.807, 2.05) is 6.26 Å². The molecule has 0 saturated carbocycles. The van der Waals surface area contributed by atoms with Gasteiger partial charge in [-0.15, -0.1) is 0 Å². The highest BCUT2D eigenvalue weighted by atomic mass is 32.2. The number of imidazole rings is 1. The highest BCUT2D eigenvalue weighted by molar-refractivity contribution is 7.98. The molecule has 0 spiro atoms. The van der Waals surface area contributed by atoms with Crippen LogP contribution >= 0.6 is 11.8 Å². The van der Waals surface area contributed by atoms with E-state index in [9.17, 15) is 29.4 Å². The number of aromatic nitrogens is 2. The number of carbonyl (C=O) groups excluding carboxylic acids is 3. The number of amides is 3. The Hall–Kier alpha value is -2.64. The lowest BCUT2D eigenvalue weighted by molar-refractivity contribution is -0.142. The number of aliphatic carboxylic acids is 1. The third-order valence-electron chi connectivity index (χ3n) is 4.63. The van der Waals surface area contributed by atoms with Crippen LogP contribution in [0.25, 0.3) is 0 Å².